The highest BCUT2D eigenvalue weighted by molar-refractivity contribution is 5.83. The van der Waals surface area contributed by atoms with E-state index in [4.69, 9.17) is 0 Å². The van der Waals surface area contributed by atoms with Gasteiger partial charge in [-0.2, -0.15) is 0 Å². The van der Waals surface area contributed by atoms with Gasteiger partial charge in [-0.15, -0.1) is 0 Å². The molecule has 2 unspecified atom stereocenters. The molecular formula is C19H36N4O. The number of rotatable bonds is 6. The predicted octanol–water partition coefficient (Wildman–Crippen LogP) is 1.30. The van der Waals surface area contributed by atoms with Gasteiger partial charge in [0.05, 0.1) is 5.41 Å². The van der Waals surface area contributed by atoms with E-state index in [0.29, 0.717) is 30.0 Å². The molecule has 0 radical (unpaired) electrons. The van der Waals surface area contributed by atoms with Crippen molar-refractivity contribution in [1.29, 1.82) is 0 Å². The number of hydrogen-bond acceptors (Lipinski definition) is 4. The number of carbonyl (C=O) groups is 1. The van der Waals surface area contributed by atoms with Crippen LogP contribution >= 0.6 is 0 Å². The van der Waals surface area contributed by atoms with Gasteiger partial charge in [0.2, 0.25) is 5.91 Å². The van der Waals surface area contributed by atoms with Gasteiger partial charge in [-0.3, -0.25) is 9.69 Å². The lowest BCUT2D eigenvalue weighted by Crippen LogP contribution is -2.68. The number of piperidine rings is 2. The van der Waals surface area contributed by atoms with E-state index in [9.17, 15) is 4.79 Å². The summed E-state index contributed by atoms with van der Waals surface area (Å²) in [6.07, 6.45) is 3.31. The maximum Gasteiger partial charge on any atom is 0.227 e. The molecule has 0 aromatic carbocycles. The lowest BCUT2D eigenvalue weighted by atomic mass is 9.75. The third kappa shape index (κ3) is 3.94. The second-order valence-electron chi connectivity index (χ2n) is 9.00. The zero-order valence-corrected chi connectivity index (χ0v) is 16.0. The van der Waals surface area contributed by atoms with Crippen LogP contribution in [-0.2, 0) is 4.79 Å². The van der Waals surface area contributed by atoms with E-state index in [1.807, 2.05) is 0 Å². The van der Waals surface area contributed by atoms with E-state index < -0.39 is 0 Å². The van der Waals surface area contributed by atoms with Crippen molar-refractivity contribution in [2.75, 3.05) is 39.3 Å². The monoisotopic (exact) mass is 336 g/mol. The molecule has 2 atom stereocenters. The van der Waals surface area contributed by atoms with E-state index in [1.165, 1.54) is 6.42 Å². The molecule has 0 aromatic heterocycles. The Labute approximate surface area is 147 Å². The summed E-state index contributed by atoms with van der Waals surface area (Å²) in [5, 5.41) is 6.85. The minimum absolute atomic E-state index is 0.190. The molecule has 1 amide bonds. The maximum atomic E-state index is 13.1. The van der Waals surface area contributed by atoms with Crippen molar-refractivity contribution in [1.82, 2.24) is 20.4 Å². The zero-order valence-electron chi connectivity index (χ0n) is 16.0. The number of carbonyl (C=O) groups excluding carboxylic acids is 1. The van der Waals surface area contributed by atoms with Gasteiger partial charge >= 0.3 is 0 Å². The van der Waals surface area contributed by atoms with Gasteiger partial charge in [0, 0.05) is 44.3 Å². The van der Waals surface area contributed by atoms with Crippen LogP contribution in [0.2, 0.25) is 0 Å². The van der Waals surface area contributed by atoms with Gasteiger partial charge in [0.1, 0.15) is 0 Å². The third-order valence-corrected chi connectivity index (χ3v) is 6.16. The first kappa shape index (κ1) is 18.2. The number of amides is 1. The van der Waals surface area contributed by atoms with Crippen molar-refractivity contribution in [3.8, 4) is 0 Å². The molecule has 4 saturated heterocycles. The van der Waals surface area contributed by atoms with E-state index in [2.05, 4.69) is 48.1 Å². The Balaban J connectivity index is 1.65. The topological polar surface area (TPSA) is 47.6 Å². The Morgan fingerprint density at radius 3 is 2.25 bits per heavy atom. The third-order valence-electron chi connectivity index (χ3n) is 6.16. The molecule has 2 N–H and O–H groups in total. The van der Waals surface area contributed by atoms with Crippen molar-refractivity contribution in [3.05, 3.63) is 0 Å². The summed E-state index contributed by atoms with van der Waals surface area (Å²) < 4.78 is 0. The lowest BCUT2D eigenvalue weighted by Gasteiger charge is -2.51. The largest absolute Gasteiger partial charge is 0.355 e. The molecule has 24 heavy (non-hydrogen) atoms. The minimum atomic E-state index is -0.190. The van der Waals surface area contributed by atoms with Crippen molar-refractivity contribution in [3.63, 3.8) is 0 Å². The highest BCUT2D eigenvalue weighted by atomic mass is 16.2. The van der Waals surface area contributed by atoms with Crippen LogP contribution in [0.3, 0.4) is 0 Å². The van der Waals surface area contributed by atoms with E-state index in [1.54, 1.807) is 0 Å². The van der Waals surface area contributed by atoms with E-state index in [-0.39, 0.29) is 5.41 Å². The van der Waals surface area contributed by atoms with Crippen LogP contribution in [0.4, 0.5) is 0 Å². The minimum Gasteiger partial charge on any atom is -0.355 e. The van der Waals surface area contributed by atoms with Crippen molar-refractivity contribution in [2.24, 2.45) is 11.3 Å². The van der Waals surface area contributed by atoms with Gasteiger partial charge in [-0.1, -0.05) is 13.8 Å². The molecule has 138 valence electrons. The quantitative estimate of drug-likeness (QED) is 0.767. The molecule has 4 aliphatic rings. The molecule has 0 saturated carbocycles. The average Bonchev–Trinajstić information content (AvgIpc) is 2.52. The maximum absolute atomic E-state index is 13.1. The number of nitrogens with zero attached hydrogens (tertiary/aromatic N) is 2. The van der Waals surface area contributed by atoms with Crippen LogP contribution < -0.4 is 10.6 Å². The van der Waals surface area contributed by atoms with Gasteiger partial charge < -0.3 is 15.5 Å². The first-order valence-electron chi connectivity index (χ1n) is 9.89. The Hall–Kier alpha value is -0.650. The van der Waals surface area contributed by atoms with Crippen LogP contribution in [-0.4, -0.2) is 73.1 Å². The van der Waals surface area contributed by atoms with E-state index in [0.717, 1.165) is 52.1 Å². The van der Waals surface area contributed by atoms with Crippen molar-refractivity contribution < 1.29 is 4.79 Å². The highest BCUT2D eigenvalue weighted by Crippen LogP contribution is 2.35. The summed E-state index contributed by atoms with van der Waals surface area (Å²) in [5.74, 6) is 0.806. The molecule has 4 heterocycles. The fourth-order valence-corrected chi connectivity index (χ4v) is 4.57. The van der Waals surface area contributed by atoms with Crippen LogP contribution in [0.5, 0.6) is 0 Å². The SMILES string of the molecule is CC(C)CNC(=O)C1(CN2CC3CC(C2)N3)CCN(C(C)C)CC1. The Morgan fingerprint density at radius 2 is 1.75 bits per heavy atom. The number of hydrogen-bond donors (Lipinski definition) is 2. The fraction of sp³-hybridized carbons (Fsp3) is 0.947. The van der Waals surface area contributed by atoms with E-state index >= 15 is 0 Å². The molecule has 0 aromatic rings. The predicted molar refractivity (Wildman–Crippen MR) is 98.0 cm³/mol. The molecule has 4 rings (SSSR count). The van der Waals surface area contributed by atoms with Crippen LogP contribution in [0.1, 0.15) is 47.0 Å². The number of likely N-dealkylation sites (tertiary alicyclic amines) is 1. The van der Waals surface area contributed by atoms with Gasteiger partial charge in [-0.05, 0) is 52.1 Å². The van der Waals surface area contributed by atoms with Gasteiger partial charge in [-0.25, -0.2) is 0 Å². The lowest BCUT2D eigenvalue weighted by molar-refractivity contribution is -0.137. The molecule has 4 fully saturated rings. The second-order valence-corrected chi connectivity index (χ2v) is 9.00. The van der Waals surface area contributed by atoms with Crippen LogP contribution in [0.15, 0.2) is 0 Å². The summed E-state index contributed by atoms with van der Waals surface area (Å²) in [6, 6.07) is 1.90. The molecule has 0 aliphatic carbocycles. The summed E-state index contributed by atoms with van der Waals surface area (Å²) >= 11 is 0. The smallest absolute Gasteiger partial charge is 0.227 e. The molecule has 5 nitrogen and oxygen atoms in total. The van der Waals surface area contributed by atoms with Gasteiger partial charge in [0.15, 0.2) is 0 Å². The van der Waals surface area contributed by atoms with Crippen molar-refractivity contribution >= 4 is 5.91 Å². The first-order chi connectivity index (χ1) is 11.4. The second kappa shape index (κ2) is 7.30. The first-order valence-corrected chi connectivity index (χ1v) is 9.89. The summed E-state index contributed by atoms with van der Waals surface area (Å²) in [7, 11) is 0. The highest BCUT2D eigenvalue weighted by Gasteiger charge is 2.45. The average molecular weight is 337 g/mol. The molecule has 4 aliphatic heterocycles. The van der Waals surface area contributed by atoms with Crippen molar-refractivity contribution in [2.45, 2.75) is 65.1 Å². The molecule has 2 bridgehead atoms. The molecule has 0 spiro atoms. The molecule has 5 heteroatoms. The zero-order chi connectivity index (χ0) is 17.3. The Bertz CT molecular complexity index is 427. The summed E-state index contributed by atoms with van der Waals surface area (Å²) in [6.45, 7) is 14.9. The number of nitrogens with one attached hydrogen (secondary N) is 2. The Morgan fingerprint density at radius 1 is 1.17 bits per heavy atom. The number of fused-ring (bicyclic) bond motifs is 2. The standard InChI is InChI=1S/C19H36N4O/c1-14(2)10-20-18(24)19(5-7-23(8-6-19)15(3)4)13-22-11-16-9-17(12-22)21-16/h14-17,21H,5-13H2,1-4H3,(H,20,24). The molecular weight excluding hydrogens is 300 g/mol. The summed E-state index contributed by atoms with van der Waals surface area (Å²) in [5.41, 5.74) is -0.190. The Kier molecular flexibility index (Phi) is 5.52. The van der Waals surface area contributed by atoms with Crippen LogP contribution in [0.25, 0.3) is 0 Å². The number of piperazine rings is 1. The van der Waals surface area contributed by atoms with Gasteiger partial charge in [0.25, 0.3) is 0 Å². The van der Waals surface area contributed by atoms with Crippen LogP contribution in [0, 0.1) is 11.3 Å². The summed E-state index contributed by atoms with van der Waals surface area (Å²) in [4.78, 5) is 18.2. The fourth-order valence-electron chi connectivity index (χ4n) is 4.57. The normalized spacial score (nSPS) is 30.4.